The van der Waals surface area contributed by atoms with Gasteiger partial charge in [-0.25, -0.2) is 4.79 Å². The summed E-state index contributed by atoms with van der Waals surface area (Å²) < 4.78 is 10.8. The SMILES string of the molecule is O=C(OCC1CCCO1)C1NCCc2sccc21. The van der Waals surface area contributed by atoms with E-state index in [0.29, 0.717) is 6.61 Å². The third kappa shape index (κ3) is 2.43. The van der Waals surface area contributed by atoms with Gasteiger partial charge in [-0.05, 0) is 36.3 Å². The molecule has 0 aromatic carbocycles. The number of thiophene rings is 1. The average molecular weight is 267 g/mol. The van der Waals surface area contributed by atoms with E-state index in [2.05, 4.69) is 5.32 Å². The van der Waals surface area contributed by atoms with Crippen molar-refractivity contribution in [2.45, 2.75) is 31.4 Å². The van der Waals surface area contributed by atoms with Crippen molar-refractivity contribution in [1.82, 2.24) is 5.32 Å². The number of esters is 1. The maximum atomic E-state index is 12.1. The van der Waals surface area contributed by atoms with E-state index in [1.807, 2.05) is 11.4 Å². The second-order valence-corrected chi connectivity index (χ2v) is 5.70. The number of nitrogens with one attached hydrogen (secondary N) is 1. The predicted molar refractivity (Wildman–Crippen MR) is 68.7 cm³/mol. The molecule has 3 heterocycles. The molecule has 1 aromatic heterocycles. The molecule has 4 nitrogen and oxygen atoms in total. The van der Waals surface area contributed by atoms with Crippen molar-refractivity contribution in [1.29, 1.82) is 0 Å². The predicted octanol–water partition coefficient (Wildman–Crippen LogP) is 1.66. The van der Waals surface area contributed by atoms with Crippen LogP contribution >= 0.6 is 11.3 Å². The Balaban J connectivity index is 1.60. The Hall–Kier alpha value is -0.910. The van der Waals surface area contributed by atoms with Crippen molar-refractivity contribution in [3.63, 3.8) is 0 Å². The Kier molecular flexibility index (Phi) is 3.63. The minimum atomic E-state index is -0.290. The normalized spacial score (nSPS) is 26.9. The first kappa shape index (κ1) is 12.1. The highest BCUT2D eigenvalue weighted by molar-refractivity contribution is 7.10. The van der Waals surface area contributed by atoms with Crippen LogP contribution < -0.4 is 5.32 Å². The molecule has 3 rings (SSSR count). The highest BCUT2D eigenvalue weighted by Crippen LogP contribution is 2.28. The zero-order chi connectivity index (χ0) is 12.4. The molecule has 1 N–H and O–H groups in total. The lowest BCUT2D eigenvalue weighted by molar-refractivity contribution is -0.149. The summed E-state index contributed by atoms with van der Waals surface area (Å²) in [5.41, 5.74) is 1.09. The molecule has 2 aliphatic rings. The summed E-state index contributed by atoms with van der Waals surface area (Å²) in [6, 6.07) is 1.73. The lowest BCUT2D eigenvalue weighted by Gasteiger charge is -2.23. The first-order valence-electron chi connectivity index (χ1n) is 6.42. The van der Waals surface area contributed by atoms with Crippen LogP contribution in [0.15, 0.2) is 11.4 Å². The Bertz CT molecular complexity index is 426. The number of fused-ring (bicyclic) bond motifs is 1. The minimum Gasteiger partial charge on any atom is -0.462 e. The van der Waals surface area contributed by atoms with Gasteiger partial charge in [0.15, 0.2) is 0 Å². The van der Waals surface area contributed by atoms with E-state index in [-0.39, 0.29) is 18.1 Å². The summed E-state index contributed by atoms with van der Waals surface area (Å²) in [6.45, 7) is 2.02. The van der Waals surface area contributed by atoms with Crippen molar-refractivity contribution in [3.8, 4) is 0 Å². The lowest BCUT2D eigenvalue weighted by atomic mass is 10.0. The van der Waals surface area contributed by atoms with Gasteiger partial charge in [0.1, 0.15) is 12.6 Å². The first-order chi connectivity index (χ1) is 8.84. The summed E-state index contributed by atoms with van der Waals surface area (Å²) in [6.07, 6.45) is 3.16. The van der Waals surface area contributed by atoms with Crippen LogP contribution in [-0.4, -0.2) is 31.8 Å². The minimum absolute atomic E-state index is 0.0967. The molecule has 0 spiro atoms. The number of hydrogen-bond acceptors (Lipinski definition) is 5. The van der Waals surface area contributed by atoms with Crippen LogP contribution in [0.3, 0.4) is 0 Å². The highest BCUT2D eigenvalue weighted by atomic mass is 32.1. The number of rotatable bonds is 3. The Morgan fingerprint density at radius 3 is 3.39 bits per heavy atom. The number of carbonyl (C=O) groups excluding carboxylic acids is 1. The highest BCUT2D eigenvalue weighted by Gasteiger charge is 2.29. The molecule has 1 saturated heterocycles. The van der Waals surface area contributed by atoms with Crippen LogP contribution in [0, 0.1) is 0 Å². The fourth-order valence-corrected chi connectivity index (χ4v) is 3.42. The average Bonchev–Trinajstić information content (AvgIpc) is 3.05. The smallest absolute Gasteiger partial charge is 0.327 e. The van der Waals surface area contributed by atoms with Gasteiger partial charge in [0.2, 0.25) is 0 Å². The molecule has 0 saturated carbocycles. The van der Waals surface area contributed by atoms with Crippen molar-refractivity contribution in [2.24, 2.45) is 0 Å². The molecule has 2 atom stereocenters. The monoisotopic (exact) mass is 267 g/mol. The Morgan fingerprint density at radius 2 is 2.56 bits per heavy atom. The molecule has 2 unspecified atom stereocenters. The van der Waals surface area contributed by atoms with Gasteiger partial charge in [0.25, 0.3) is 0 Å². The second-order valence-electron chi connectivity index (χ2n) is 4.70. The summed E-state index contributed by atoms with van der Waals surface area (Å²) in [4.78, 5) is 13.4. The topological polar surface area (TPSA) is 47.6 Å². The van der Waals surface area contributed by atoms with E-state index in [4.69, 9.17) is 9.47 Å². The maximum Gasteiger partial charge on any atom is 0.327 e. The molecule has 1 fully saturated rings. The van der Waals surface area contributed by atoms with Crippen molar-refractivity contribution < 1.29 is 14.3 Å². The molecule has 0 amide bonds. The van der Waals surface area contributed by atoms with Crippen LogP contribution in [0.25, 0.3) is 0 Å². The fourth-order valence-electron chi connectivity index (χ4n) is 2.50. The Labute approximate surface area is 110 Å². The van der Waals surface area contributed by atoms with Gasteiger partial charge < -0.3 is 14.8 Å². The summed E-state index contributed by atoms with van der Waals surface area (Å²) in [5, 5.41) is 5.27. The van der Waals surface area contributed by atoms with E-state index in [0.717, 1.165) is 38.0 Å². The van der Waals surface area contributed by atoms with Crippen LogP contribution in [0.5, 0.6) is 0 Å². The van der Waals surface area contributed by atoms with Gasteiger partial charge in [0.05, 0.1) is 6.10 Å². The summed E-state index contributed by atoms with van der Waals surface area (Å²) >= 11 is 1.72. The summed E-state index contributed by atoms with van der Waals surface area (Å²) in [5.74, 6) is -0.176. The Morgan fingerprint density at radius 1 is 1.61 bits per heavy atom. The fraction of sp³-hybridized carbons (Fsp3) is 0.615. The molecule has 18 heavy (non-hydrogen) atoms. The van der Waals surface area contributed by atoms with Crippen LogP contribution in [0.2, 0.25) is 0 Å². The van der Waals surface area contributed by atoms with E-state index in [1.165, 1.54) is 4.88 Å². The molecule has 0 radical (unpaired) electrons. The third-order valence-electron chi connectivity index (χ3n) is 3.46. The van der Waals surface area contributed by atoms with Crippen LogP contribution in [0.4, 0.5) is 0 Å². The van der Waals surface area contributed by atoms with Gasteiger partial charge in [-0.2, -0.15) is 0 Å². The zero-order valence-electron chi connectivity index (χ0n) is 10.2. The van der Waals surface area contributed by atoms with Gasteiger partial charge in [-0.15, -0.1) is 11.3 Å². The quantitative estimate of drug-likeness (QED) is 0.846. The third-order valence-corrected chi connectivity index (χ3v) is 4.46. The second kappa shape index (κ2) is 5.38. The maximum absolute atomic E-state index is 12.1. The molecule has 98 valence electrons. The van der Waals surface area contributed by atoms with Gasteiger partial charge in [-0.3, -0.25) is 0 Å². The van der Waals surface area contributed by atoms with E-state index in [1.54, 1.807) is 11.3 Å². The van der Waals surface area contributed by atoms with E-state index in [9.17, 15) is 4.79 Å². The summed E-state index contributed by atoms with van der Waals surface area (Å²) in [7, 11) is 0. The molecule has 0 aliphatic carbocycles. The lowest BCUT2D eigenvalue weighted by Crippen LogP contribution is -2.36. The van der Waals surface area contributed by atoms with E-state index >= 15 is 0 Å². The number of hydrogen-bond donors (Lipinski definition) is 1. The zero-order valence-corrected chi connectivity index (χ0v) is 11.0. The molecule has 2 aliphatic heterocycles. The van der Waals surface area contributed by atoms with Gasteiger partial charge >= 0.3 is 5.97 Å². The molecule has 1 aromatic rings. The van der Waals surface area contributed by atoms with Crippen LogP contribution in [0.1, 0.15) is 29.3 Å². The largest absolute Gasteiger partial charge is 0.462 e. The standard InChI is InChI=1S/C13H17NO3S/c15-13(17-8-9-2-1-6-16-9)12-10-4-7-18-11(10)3-5-14-12/h4,7,9,12,14H,1-3,5-6,8H2. The van der Waals surface area contributed by atoms with Gasteiger partial charge in [-0.1, -0.05) is 0 Å². The molecular formula is C13H17NO3S. The first-order valence-corrected chi connectivity index (χ1v) is 7.30. The molecule has 0 bridgehead atoms. The van der Waals surface area contributed by atoms with Crippen LogP contribution in [-0.2, 0) is 20.7 Å². The molecule has 5 heteroatoms. The van der Waals surface area contributed by atoms with E-state index < -0.39 is 0 Å². The van der Waals surface area contributed by atoms with Gasteiger partial charge in [0, 0.05) is 18.0 Å². The van der Waals surface area contributed by atoms with Crippen molar-refractivity contribution in [3.05, 3.63) is 21.9 Å². The van der Waals surface area contributed by atoms with Crippen molar-refractivity contribution >= 4 is 17.3 Å². The number of carbonyl (C=O) groups is 1. The molecular weight excluding hydrogens is 250 g/mol. The number of ether oxygens (including phenoxy) is 2. The van der Waals surface area contributed by atoms with Crippen molar-refractivity contribution in [2.75, 3.05) is 19.8 Å².